The smallest absolute Gasteiger partial charge is 0.254 e. The number of aromatic nitrogens is 2. The van der Waals surface area contributed by atoms with Gasteiger partial charge in [-0.15, -0.1) is 10.2 Å². The normalized spacial score (nSPS) is 13.9. The van der Waals surface area contributed by atoms with Crippen LogP contribution in [-0.4, -0.2) is 27.0 Å². The highest BCUT2D eigenvalue weighted by Crippen LogP contribution is 2.27. The van der Waals surface area contributed by atoms with Gasteiger partial charge in [0.25, 0.3) is 5.91 Å². The molecule has 0 spiro atoms. The number of rotatable bonds is 5. The van der Waals surface area contributed by atoms with E-state index < -0.39 is 0 Å². The van der Waals surface area contributed by atoms with Gasteiger partial charge in [-0.2, -0.15) is 5.26 Å². The van der Waals surface area contributed by atoms with E-state index in [1.54, 1.807) is 41.3 Å². The third-order valence-electron chi connectivity index (χ3n) is 5.13. The van der Waals surface area contributed by atoms with Gasteiger partial charge in [0.1, 0.15) is 0 Å². The van der Waals surface area contributed by atoms with Crippen molar-refractivity contribution in [2.45, 2.75) is 38.3 Å². The van der Waals surface area contributed by atoms with Gasteiger partial charge in [0.15, 0.2) is 0 Å². The van der Waals surface area contributed by atoms with E-state index in [0.29, 0.717) is 27.9 Å². The Balaban J connectivity index is 1.59. The first-order valence-electron chi connectivity index (χ1n) is 9.53. The van der Waals surface area contributed by atoms with Gasteiger partial charge in [-0.1, -0.05) is 30.5 Å². The summed E-state index contributed by atoms with van der Waals surface area (Å²) >= 11 is 5.93. The molecule has 0 bridgehead atoms. The highest BCUT2D eigenvalue weighted by Gasteiger charge is 2.29. The summed E-state index contributed by atoms with van der Waals surface area (Å²) in [6.45, 7) is 0.237. The van der Waals surface area contributed by atoms with Gasteiger partial charge in [0.2, 0.25) is 11.8 Å². The lowest BCUT2D eigenvalue weighted by Gasteiger charge is -2.27. The summed E-state index contributed by atoms with van der Waals surface area (Å²) in [5.74, 6) is 0.647. The molecule has 0 aliphatic heterocycles. The summed E-state index contributed by atoms with van der Waals surface area (Å²) in [5, 5.41) is 18.0. The van der Waals surface area contributed by atoms with E-state index in [1.165, 1.54) is 0 Å². The summed E-state index contributed by atoms with van der Waals surface area (Å²) in [6, 6.07) is 16.1. The Morgan fingerprint density at radius 2 is 1.93 bits per heavy atom. The number of nitrogens with zero attached hydrogens (tertiary/aromatic N) is 4. The Morgan fingerprint density at radius 3 is 2.66 bits per heavy atom. The fourth-order valence-electron chi connectivity index (χ4n) is 3.64. The van der Waals surface area contributed by atoms with Crippen molar-refractivity contribution in [1.29, 1.82) is 5.26 Å². The predicted molar refractivity (Wildman–Crippen MR) is 108 cm³/mol. The number of amides is 1. The fourth-order valence-corrected chi connectivity index (χ4v) is 3.77. The number of nitriles is 1. The first-order valence-corrected chi connectivity index (χ1v) is 9.91. The summed E-state index contributed by atoms with van der Waals surface area (Å²) in [7, 11) is 0. The van der Waals surface area contributed by atoms with Crippen LogP contribution in [0.3, 0.4) is 0 Å². The van der Waals surface area contributed by atoms with Crippen LogP contribution in [0.25, 0.3) is 11.5 Å². The molecule has 0 saturated heterocycles. The number of carbonyl (C=O) groups is 1. The molecule has 29 heavy (non-hydrogen) atoms. The maximum absolute atomic E-state index is 13.2. The minimum absolute atomic E-state index is 0.124. The molecule has 1 amide bonds. The van der Waals surface area contributed by atoms with E-state index in [1.807, 2.05) is 12.1 Å². The van der Waals surface area contributed by atoms with Crippen molar-refractivity contribution in [2.75, 3.05) is 0 Å². The van der Waals surface area contributed by atoms with Crippen LogP contribution in [0.4, 0.5) is 0 Å². The average molecular weight is 407 g/mol. The Kier molecular flexibility index (Phi) is 5.59. The molecule has 0 radical (unpaired) electrons. The lowest BCUT2D eigenvalue weighted by Crippen LogP contribution is -2.38. The second-order valence-electron chi connectivity index (χ2n) is 7.07. The number of hydrogen-bond donors (Lipinski definition) is 0. The van der Waals surface area contributed by atoms with Crippen LogP contribution in [0.2, 0.25) is 5.02 Å². The Morgan fingerprint density at radius 1 is 1.17 bits per heavy atom. The van der Waals surface area contributed by atoms with Crippen molar-refractivity contribution < 1.29 is 9.21 Å². The summed E-state index contributed by atoms with van der Waals surface area (Å²) in [5.41, 5.74) is 1.73. The molecule has 1 aromatic heterocycles. The van der Waals surface area contributed by atoms with Crippen LogP contribution < -0.4 is 0 Å². The quantitative estimate of drug-likeness (QED) is 0.605. The molecule has 0 N–H and O–H groups in total. The van der Waals surface area contributed by atoms with Crippen LogP contribution in [0.1, 0.15) is 47.5 Å². The van der Waals surface area contributed by atoms with Crippen molar-refractivity contribution in [3.05, 3.63) is 70.6 Å². The standard InChI is InChI=1S/C22H19ClN4O2/c23-18-10-8-16(9-11-18)21-26-25-20(29-21)14-27(19-6-1-2-7-19)22(28)17-5-3-4-15(12-17)13-24/h3-5,8-12,19H,1-2,6-7,14H2. The molecule has 7 heteroatoms. The van der Waals surface area contributed by atoms with Gasteiger partial charge >= 0.3 is 0 Å². The number of hydrogen-bond acceptors (Lipinski definition) is 5. The molecule has 1 aliphatic rings. The minimum atomic E-state index is -0.125. The van der Waals surface area contributed by atoms with Crippen LogP contribution in [0.15, 0.2) is 52.9 Å². The van der Waals surface area contributed by atoms with E-state index in [0.717, 1.165) is 31.2 Å². The zero-order valence-electron chi connectivity index (χ0n) is 15.7. The zero-order valence-corrected chi connectivity index (χ0v) is 16.5. The average Bonchev–Trinajstić information content (AvgIpc) is 3.44. The van der Waals surface area contributed by atoms with Crippen molar-refractivity contribution in [3.63, 3.8) is 0 Å². The van der Waals surface area contributed by atoms with Crippen LogP contribution in [-0.2, 0) is 6.54 Å². The maximum atomic E-state index is 13.2. The van der Waals surface area contributed by atoms with Gasteiger partial charge < -0.3 is 9.32 Å². The molecule has 0 unspecified atom stereocenters. The molecular formula is C22H19ClN4O2. The van der Waals surface area contributed by atoms with Gasteiger partial charge in [0, 0.05) is 22.2 Å². The van der Waals surface area contributed by atoms with Gasteiger partial charge in [-0.3, -0.25) is 4.79 Å². The molecule has 6 nitrogen and oxygen atoms in total. The van der Waals surface area contributed by atoms with Crippen molar-refractivity contribution in [1.82, 2.24) is 15.1 Å². The maximum Gasteiger partial charge on any atom is 0.254 e. The highest BCUT2D eigenvalue weighted by atomic mass is 35.5. The molecule has 1 aliphatic carbocycles. The molecular weight excluding hydrogens is 388 g/mol. The highest BCUT2D eigenvalue weighted by molar-refractivity contribution is 6.30. The van der Waals surface area contributed by atoms with E-state index in [2.05, 4.69) is 16.3 Å². The fraction of sp³-hybridized carbons (Fsp3) is 0.273. The first-order chi connectivity index (χ1) is 14.1. The summed E-state index contributed by atoms with van der Waals surface area (Å²) in [4.78, 5) is 15.0. The Labute approximate surface area is 173 Å². The van der Waals surface area contributed by atoms with E-state index in [-0.39, 0.29) is 18.5 Å². The first kappa shape index (κ1) is 19.2. The Hall–Kier alpha value is -3.17. The summed E-state index contributed by atoms with van der Waals surface area (Å²) in [6.07, 6.45) is 4.07. The molecule has 146 valence electrons. The molecule has 1 heterocycles. The monoisotopic (exact) mass is 406 g/mol. The number of halogens is 1. The number of carbonyl (C=O) groups excluding carboxylic acids is 1. The second kappa shape index (κ2) is 8.46. The van der Waals surface area contributed by atoms with E-state index in [9.17, 15) is 4.79 Å². The van der Waals surface area contributed by atoms with Crippen molar-refractivity contribution in [2.24, 2.45) is 0 Å². The number of benzene rings is 2. The van der Waals surface area contributed by atoms with Gasteiger partial charge in [0.05, 0.1) is 18.2 Å². The van der Waals surface area contributed by atoms with Crippen LogP contribution in [0, 0.1) is 11.3 Å². The largest absolute Gasteiger partial charge is 0.419 e. The zero-order chi connectivity index (χ0) is 20.2. The molecule has 4 rings (SSSR count). The van der Waals surface area contributed by atoms with Gasteiger partial charge in [-0.25, -0.2) is 0 Å². The second-order valence-corrected chi connectivity index (χ2v) is 7.51. The topological polar surface area (TPSA) is 83.0 Å². The molecule has 1 fully saturated rings. The molecule has 3 aromatic rings. The Bertz CT molecular complexity index is 1050. The van der Waals surface area contributed by atoms with Crippen molar-refractivity contribution in [3.8, 4) is 17.5 Å². The third-order valence-corrected chi connectivity index (χ3v) is 5.38. The third kappa shape index (κ3) is 4.30. The van der Waals surface area contributed by atoms with Crippen molar-refractivity contribution >= 4 is 17.5 Å². The SMILES string of the molecule is N#Cc1cccc(C(=O)N(Cc2nnc(-c3ccc(Cl)cc3)o2)C2CCCC2)c1. The molecule has 1 saturated carbocycles. The van der Waals surface area contributed by atoms with Crippen LogP contribution >= 0.6 is 11.6 Å². The van der Waals surface area contributed by atoms with Crippen LogP contribution in [0.5, 0.6) is 0 Å². The lowest BCUT2D eigenvalue weighted by atomic mass is 10.1. The van der Waals surface area contributed by atoms with E-state index >= 15 is 0 Å². The van der Waals surface area contributed by atoms with E-state index in [4.69, 9.17) is 21.3 Å². The minimum Gasteiger partial charge on any atom is -0.419 e. The molecule has 0 atom stereocenters. The van der Waals surface area contributed by atoms with Gasteiger partial charge in [-0.05, 0) is 55.3 Å². The molecule has 2 aromatic carbocycles. The lowest BCUT2D eigenvalue weighted by molar-refractivity contribution is 0.0645. The summed E-state index contributed by atoms with van der Waals surface area (Å²) < 4.78 is 5.82. The predicted octanol–water partition coefficient (Wildman–Crippen LogP) is 4.85.